The van der Waals surface area contributed by atoms with E-state index in [1.54, 1.807) is 7.05 Å². The summed E-state index contributed by atoms with van der Waals surface area (Å²) in [7, 11) is 4.40. The molecule has 0 spiro atoms. The van der Waals surface area contributed by atoms with Gasteiger partial charge >= 0.3 is 0 Å². The standard InChI is InChI=1S/C8H17N2OP/c1-9-8(11)6-7-4-2-3-5-10(7)12/h7H,2-6,12H2,1H3,(H,9,11). The van der Waals surface area contributed by atoms with Crippen molar-refractivity contribution in [3.8, 4) is 0 Å². The molecule has 0 radical (unpaired) electrons. The molecular formula is C8H17N2OP. The van der Waals surface area contributed by atoms with E-state index in [0.717, 1.165) is 13.0 Å². The lowest BCUT2D eigenvalue weighted by atomic mass is 10.0. The first-order valence-corrected chi connectivity index (χ1v) is 4.97. The Morgan fingerprint density at radius 1 is 1.67 bits per heavy atom. The van der Waals surface area contributed by atoms with Gasteiger partial charge in [-0.1, -0.05) is 15.8 Å². The molecule has 0 aliphatic carbocycles. The molecule has 2 unspecified atom stereocenters. The number of carbonyl (C=O) groups is 1. The average molecular weight is 188 g/mol. The first kappa shape index (κ1) is 9.94. The van der Waals surface area contributed by atoms with E-state index in [-0.39, 0.29) is 5.91 Å². The Bertz CT molecular complexity index is 163. The average Bonchev–Trinajstić information content (AvgIpc) is 2.09. The van der Waals surface area contributed by atoms with Crippen LogP contribution >= 0.6 is 9.39 Å². The normalized spacial score (nSPS) is 25.3. The molecular weight excluding hydrogens is 171 g/mol. The summed E-state index contributed by atoms with van der Waals surface area (Å²) in [6.07, 6.45) is 4.30. The molecule has 1 saturated heterocycles. The Balaban J connectivity index is 2.33. The van der Waals surface area contributed by atoms with Crippen LogP contribution in [0.25, 0.3) is 0 Å². The van der Waals surface area contributed by atoms with E-state index in [4.69, 9.17) is 0 Å². The largest absolute Gasteiger partial charge is 0.359 e. The highest BCUT2D eigenvalue weighted by Gasteiger charge is 2.20. The molecule has 12 heavy (non-hydrogen) atoms. The Labute approximate surface area is 76.1 Å². The lowest BCUT2D eigenvalue weighted by molar-refractivity contribution is -0.121. The molecule has 3 nitrogen and oxygen atoms in total. The number of rotatable bonds is 2. The van der Waals surface area contributed by atoms with Gasteiger partial charge in [0.25, 0.3) is 0 Å². The number of amides is 1. The van der Waals surface area contributed by atoms with Crippen molar-refractivity contribution in [3.63, 3.8) is 0 Å². The Morgan fingerprint density at radius 2 is 2.42 bits per heavy atom. The van der Waals surface area contributed by atoms with E-state index in [0.29, 0.717) is 12.5 Å². The predicted molar refractivity (Wildman–Crippen MR) is 52.7 cm³/mol. The van der Waals surface area contributed by atoms with Gasteiger partial charge in [-0.2, -0.15) is 0 Å². The molecule has 70 valence electrons. The number of piperidine rings is 1. The van der Waals surface area contributed by atoms with E-state index in [1.807, 2.05) is 0 Å². The second-order valence-corrected chi connectivity index (χ2v) is 3.93. The molecule has 1 heterocycles. The van der Waals surface area contributed by atoms with Crippen LogP contribution in [0.3, 0.4) is 0 Å². The molecule has 2 atom stereocenters. The third-order valence-corrected chi connectivity index (χ3v) is 3.05. The smallest absolute Gasteiger partial charge is 0.221 e. The van der Waals surface area contributed by atoms with Crippen molar-refractivity contribution in [2.24, 2.45) is 0 Å². The fourth-order valence-corrected chi connectivity index (χ4v) is 2.00. The van der Waals surface area contributed by atoms with Crippen LogP contribution in [-0.4, -0.2) is 30.2 Å². The minimum atomic E-state index is 0.148. The van der Waals surface area contributed by atoms with E-state index in [1.165, 1.54) is 12.8 Å². The maximum absolute atomic E-state index is 11.1. The van der Waals surface area contributed by atoms with E-state index < -0.39 is 0 Å². The van der Waals surface area contributed by atoms with Gasteiger partial charge in [0.15, 0.2) is 0 Å². The summed E-state index contributed by atoms with van der Waals surface area (Å²) in [5, 5.41) is 2.66. The minimum Gasteiger partial charge on any atom is -0.359 e. The van der Waals surface area contributed by atoms with Crippen LogP contribution in [0.4, 0.5) is 0 Å². The molecule has 1 rings (SSSR count). The van der Waals surface area contributed by atoms with Crippen molar-refractivity contribution in [2.45, 2.75) is 31.7 Å². The second kappa shape index (κ2) is 4.78. The number of carbonyl (C=O) groups excluding carboxylic acids is 1. The Morgan fingerprint density at radius 3 is 3.00 bits per heavy atom. The molecule has 0 bridgehead atoms. The van der Waals surface area contributed by atoms with Crippen molar-refractivity contribution in [1.29, 1.82) is 0 Å². The second-order valence-electron chi connectivity index (χ2n) is 3.26. The topological polar surface area (TPSA) is 32.3 Å². The van der Waals surface area contributed by atoms with Gasteiger partial charge in [-0.3, -0.25) is 9.46 Å². The van der Waals surface area contributed by atoms with Crippen LogP contribution in [-0.2, 0) is 4.79 Å². The number of nitrogens with zero attached hydrogens (tertiary/aromatic N) is 1. The minimum absolute atomic E-state index is 0.148. The van der Waals surface area contributed by atoms with Crippen LogP contribution in [0, 0.1) is 0 Å². The van der Waals surface area contributed by atoms with Crippen molar-refractivity contribution >= 4 is 15.3 Å². The molecule has 0 aromatic rings. The lowest BCUT2D eigenvalue weighted by Crippen LogP contribution is -2.36. The monoisotopic (exact) mass is 188 g/mol. The van der Waals surface area contributed by atoms with Crippen molar-refractivity contribution in [3.05, 3.63) is 0 Å². The zero-order valence-corrected chi connectivity index (χ0v) is 8.70. The SMILES string of the molecule is CNC(=O)CC1CCCCN1P. The zero-order chi connectivity index (χ0) is 8.97. The fourth-order valence-electron chi connectivity index (χ4n) is 1.56. The van der Waals surface area contributed by atoms with Gasteiger partial charge in [0.2, 0.25) is 5.91 Å². The van der Waals surface area contributed by atoms with Crippen molar-refractivity contribution in [1.82, 2.24) is 9.99 Å². The third-order valence-electron chi connectivity index (χ3n) is 2.37. The Hall–Kier alpha value is -0.140. The molecule has 1 N–H and O–H groups in total. The number of nitrogens with one attached hydrogen (secondary N) is 1. The molecule has 0 aromatic carbocycles. The summed E-state index contributed by atoms with van der Waals surface area (Å²) < 4.78 is 2.21. The maximum Gasteiger partial charge on any atom is 0.221 e. The van der Waals surface area contributed by atoms with Gasteiger partial charge in [-0.25, -0.2) is 0 Å². The zero-order valence-electron chi connectivity index (χ0n) is 7.55. The summed E-state index contributed by atoms with van der Waals surface area (Å²) >= 11 is 0. The van der Waals surface area contributed by atoms with E-state index in [9.17, 15) is 4.79 Å². The van der Waals surface area contributed by atoms with Crippen LogP contribution in [0.15, 0.2) is 0 Å². The molecule has 4 heteroatoms. The highest BCUT2D eigenvalue weighted by molar-refractivity contribution is 7.13. The summed E-state index contributed by atoms with van der Waals surface area (Å²) in [5.41, 5.74) is 0. The summed E-state index contributed by atoms with van der Waals surface area (Å²) in [5.74, 6) is 0.148. The van der Waals surface area contributed by atoms with Gasteiger partial charge < -0.3 is 5.32 Å². The Kier molecular flexibility index (Phi) is 3.96. The van der Waals surface area contributed by atoms with Crippen LogP contribution < -0.4 is 5.32 Å². The highest BCUT2D eigenvalue weighted by atomic mass is 31.0. The molecule has 0 aromatic heterocycles. The van der Waals surface area contributed by atoms with Gasteiger partial charge in [0.05, 0.1) is 0 Å². The van der Waals surface area contributed by atoms with Crippen molar-refractivity contribution in [2.75, 3.05) is 13.6 Å². The number of hydrogen-bond acceptors (Lipinski definition) is 2. The van der Waals surface area contributed by atoms with Gasteiger partial charge in [-0.05, 0) is 12.8 Å². The van der Waals surface area contributed by atoms with Gasteiger partial charge in [-0.15, -0.1) is 0 Å². The third kappa shape index (κ3) is 2.72. The van der Waals surface area contributed by atoms with Crippen LogP contribution in [0.5, 0.6) is 0 Å². The summed E-state index contributed by atoms with van der Waals surface area (Å²) in [4.78, 5) is 11.1. The van der Waals surface area contributed by atoms with Crippen molar-refractivity contribution < 1.29 is 4.79 Å². The molecule has 0 saturated carbocycles. The number of hydrogen-bond donors (Lipinski definition) is 1. The maximum atomic E-state index is 11.1. The molecule has 1 fully saturated rings. The van der Waals surface area contributed by atoms with Gasteiger partial charge in [0, 0.05) is 26.1 Å². The molecule has 1 aliphatic heterocycles. The van der Waals surface area contributed by atoms with E-state index >= 15 is 0 Å². The van der Waals surface area contributed by atoms with Crippen LogP contribution in [0.2, 0.25) is 0 Å². The fraction of sp³-hybridized carbons (Fsp3) is 0.875. The first-order chi connectivity index (χ1) is 5.74. The predicted octanol–water partition coefficient (Wildman–Crippen LogP) is 0.767. The molecule has 1 amide bonds. The van der Waals surface area contributed by atoms with E-state index in [2.05, 4.69) is 19.4 Å². The molecule has 1 aliphatic rings. The van der Waals surface area contributed by atoms with Crippen LogP contribution in [0.1, 0.15) is 25.7 Å². The lowest BCUT2D eigenvalue weighted by Gasteiger charge is -2.31. The first-order valence-electron chi connectivity index (χ1n) is 4.46. The summed E-state index contributed by atoms with van der Waals surface area (Å²) in [6, 6.07) is 0.434. The van der Waals surface area contributed by atoms with Gasteiger partial charge in [0.1, 0.15) is 0 Å². The summed E-state index contributed by atoms with van der Waals surface area (Å²) in [6.45, 7) is 1.10. The quantitative estimate of drug-likeness (QED) is 0.649. The highest BCUT2D eigenvalue weighted by Crippen LogP contribution is 2.22.